The van der Waals surface area contributed by atoms with Crippen LogP contribution in [0.2, 0.25) is 0 Å². The summed E-state index contributed by atoms with van der Waals surface area (Å²) in [5.74, 6) is 0. The standard InChI is InChI=1S/C6H9N2O.Y/c1-5(9)6-3-8(2)4-7-6;/h3-4,9H,1-2H3;/q-1;. The number of nitrogens with zero attached hydrogens (tertiary/aromatic N) is 2. The molecule has 0 spiro atoms. The molecule has 1 radical (unpaired) electrons. The third-order valence-corrected chi connectivity index (χ3v) is 1.08. The van der Waals surface area contributed by atoms with Crippen LogP contribution >= 0.6 is 0 Å². The Balaban J connectivity index is 0.000000810. The number of rotatable bonds is 1. The Labute approximate surface area is 85.3 Å². The van der Waals surface area contributed by atoms with Gasteiger partial charge in [0.25, 0.3) is 0 Å². The van der Waals surface area contributed by atoms with Crippen LogP contribution in [-0.4, -0.2) is 14.7 Å². The fraction of sp³-hybridized carbons (Fsp3) is 0.333. The molecule has 1 rings (SSSR count). The van der Waals surface area contributed by atoms with Gasteiger partial charge in [0.2, 0.25) is 0 Å². The van der Waals surface area contributed by atoms with Crippen molar-refractivity contribution in [1.82, 2.24) is 9.55 Å². The summed E-state index contributed by atoms with van der Waals surface area (Å²) < 4.78 is 1.79. The number of hydrogen-bond acceptors (Lipinski definition) is 2. The Bertz CT molecular complexity index is 197. The largest absolute Gasteiger partial charge is 0.453 e. The van der Waals surface area contributed by atoms with Crippen LogP contribution < -0.4 is 0 Å². The second kappa shape index (κ2) is 4.11. The van der Waals surface area contributed by atoms with Crippen molar-refractivity contribution in [2.24, 2.45) is 7.05 Å². The molecule has 0 amide bonds. The molecule has 53 valence electrons. The first-order valence-corrected chi connectivity index (χ1v) is 2.71. The van der Waals surface area contributed by atoms with Crippen LogP contribution in [0.4, 0.5) is 0 Å². The maximum absolute atomic E-state index is 8.88. The van der Waals surface area contributed by atoms with Gasteiger partial charge in [-0.3, -0.25) is 4.98 Å². The smallest absolute Gasteiger partial charge is 0.0752 e. The number of aryl methyl sites for hydroxylation is 1. The molecule has 0 atom stereocenters. The predicted molar refractivity (Wildman–Crippen MR) is 33.2 cm³/mol. The molecule has 4 heteroatoms. The zero-order valence-corrected chi connectivity index (χ0v) is 8.91. The zero-order valence-electron chi connectivity index (χ0n) is 6.07. The topological polar surface area (TPSA) is 38.0 Å². The van der Waals surface area contributed by atoms with E-state index < -0.39 is 0 Å². The van der Waals surface area contributed by atoms with E-state index in [2.05, 4.69) is 4.98 Å². The predicted octanol–water partition coefficient (Wildman–Crippen LogP) is 0.690. The summed E-state index contributed by atoms with van der Waals surface area (Å²) in [6.07, 6.45) is 3.67. The molecule has 1 aromatic rings. The molecule has 0 aromatic carbocycles. The van der Waals surface area contributed by atoms with E-state index in [1.54, 1.807) is 24.0 Å². The van der Waals surface area contributed by atoms with E-state index >= 15 is 0 Å². The van der Waals surface area contributed by atoms with Crippen molar-refractivity contribution >= 4 is 0 Å². The normalized spacial score (nSPS) is 8.70. The van der Waals surface area contributed by atoms with Crippen LogP contribution in [0.25, 0.3) is 0 Å². The van der Waals surface area contributed by atoms with Gasteiger partial charge >= 0.3 is 0 Å². The van der Waals surface area contributed by atoms with Gasteiger partial charge in [-0.15, -0.1) is 6.20 Å². The quantitative estimate of drug-likeness (QED) is 0.698. The summed E-state index contributed by atoms with van der Waals surface area (Å²) in [4.78, 5) is 3.89. The summed E-state index contributed by atoms with van der Waals surface area (Å²) in [5, 5.41) is 8.88. The minimum absolute atomic E-state index is 0. The first-order valence-electron chi connectivity index (χ1n) is 2.71. The molecule has 1 heterocycles. The molecule has 0 saturated carbocycles. The number of aromatic nitrogens is 2. The van der Waals surface area contributed by atoms with E-state index in [-0.39, 0.29) is 38.8 Å². The maximum atomic E-state index is 8.88. The fourth-order valence-corrected chi connectivity index (χ4v) is 0.600. The Morgan fingerprint density at radius 3 is 2.50 bits per heavy atom. The van der Waals surface area contributed by atoms with Crippen molar-refractivity contribution in [3.63, 3.8) is 0 Å². The molecule has 1 N–H and O–H groups in total. The maximum Gasteiger partial charge on any atom is 0.0752 e. The third-order valence-electron chi connectivity index (χ3n) is 1.08. The van der Waals surface area contributed by atoms with Crippen molar-refractivity contribution in [2.45, 2.75) is 6.92 Å². The number of hydrogen-bond donors (Lipinski definition) is 1. The summed E-state index contributed by atoms with van der Waals surface area (Å²) in [6.45, 7) is 1.61. The summed E-state index contributed by atoms with van der Waals surface area (Å²) in [6, 6.07) is 0. The Morgan fingerprint density at radius 2 is 2.30 bits per heavy atom. The van der Waals surface area contributed by atoms with Crippen molar-refractivity contribution in [3.8, 4) is 0 Å². The minimum Gasteiger partial charge on any atom is -0.453 e. The zero-order chi connectivity index (χ0) is 6.85. The number of aliphatic hydroxyl groups is 1. The van der Waals surface area contributed by atoms with Crippen LogP contribution in [0, 0.1) is 6.10 Å². The average molecular weight is 214 g/mol. The minimum atomic E-state index is 0. The van der Waals surface area contributed by atoms with Crippen molar-refractivity contribution in [1.29, 1.82) is 0 Å². The molecule has 0 aliphatic rings. The van der Waals surface area contributed by atoms with E-state index in [9.17, 15) is 0 Å². The fourth-order valence-electron chi connectivity index (χ4n) is 0.600. The monoisotopic (exact) mass is 214 g/mol. The Morgan fingerprint density at radius 1 is 1.70 bits per heavy atom. The van der Waals surface area contributed by atoms with E-state index in [1.165, 1.54) is 0 Å². The second-order valence-electron chi connectivity index (χ2n) is 2.01. The van der Waals surface area contributed by atoms with Gasteiger partial charge in [0, 0.05) is 32.7 Å². The molecule has 0 fully saturated rings. The van der Waals surface area contributed by atoms with E-state index in [0.717, 1.165) is 0 Å². The van der Waals surface area contributed by atoms with Crippen LogP contribution in [0.1, 0.15) is 12.6 Å². The SMILES string of the molecule is C[C-](O)c1cn(C)cn1.[Y]. The molecule has 1 aromatic heterocycles. The molecular weight excluding hydrogens is 205 g/mol. The average Bonchev–Trinajstić information content (AvgIpc) is 2.14. The summed E-state index contributed by atoms with van der Waals surface area (Å²) in [7, 11) is 1.86. The van der Waals surface area contributed by atoms with Crippen LogP contribution in [0.5, 0.6) is 0 Å². The van der Waals surface area contributed by atoms with Crippen LogP contribution in [-0.2, 0) is 39.8 Å². The first-order chi connectivity index (χ1) is 4.20. The molecular formula is C6H9N2OY-. The molecule has 3 nitrogen and oxygen atoms in total. The Hall–Kier alpha value is 0.144. The molecule has 0 aliphatic carbocycles. The molecule has 0 saturated heterocycles. The third kappa shape index (κ3) is 2.41. The van der Waals surface area contributed by atoms with Gasteiger partial charge in [0.05, 0.1) is 6.33 Å². The molecule has 0 unspecified atom stereocenters. The Kier molecular flexibility index (Phi) is 4.17. The van der Waals surface area contributed by atoms with E-state index in [1.807, 2.05) is 7.05 Å². The number of aliphatic hydroxyl groups excluding tert-OH is 1. The second-order valence-corrected chi connectivity index (χ2v) is 2.01. The van der Waals surface area contributed by atoms with Crippen LogP contribution in [0.3, 0.4) is 0 Å². The molecule has 10 heavy (non-hydrogen) atoms. The summed E-state index contributed by atoms with van der Waals surface area (Å²) >= 11 is 0. The van der Waals surface area contributed by atoms with Gasteiger partial charge in [0.15, 0.2) is 0 Å². The number of imidazole rings is 1. The van der Waals surface area contributed by atoms with E-state index in [4.69, 9.17) is 5.11 Å². The van der Waals surface area contributed by atoms with Gasteiger partial charge in [-0.1, -0.05) is 18.7 Å². The van der Waals surface area contributed by atoms with Gasteiger partial charge < -0.3 is 9.67 Å². The van der Waals surface area contributed by atoms with Crippen molar-refractivity contribution in [3.05, 3.63) is 24.3 Å². The van der Waals surface area contributed by atoms with E-state index in [0.29, 0.717) is 5.69 Å². The van der Waals surface area contributed by atoms with Gasteiger partial charge in [-0.25, -0.2) is 0 Å². The van der Waals surface area contributed by atoms with Crippen molar-refractivity contribution < 1.29 is 37.8 Å². The van der Waals surface area contributed by atoms with Crippen LogP contribution in [0.15, 0.2) is 12.5 Å². The van der Waals surface area contributed by atoms with Crippen molar-refractivity contribution in [2.75, 3.05) is 0 Å². The van der Waals surface area contributed by atoms with Gasteiger partial charge in [-0.2, -0.15) is 0 Å². The molecule has 0 bridgehead atoms. The van der Waals surface area contributed by atoms with Gasteiger partial charge in [0.1, 0.15) is 0 Å². The molecule has 0 aliphatic heterocycles. The van der Waals surface area contributed by atoms with Gasteiger partial charge in [-0.05, 0) is 7.05 Å². The first kappa shape index (κ1) is 10.1. The summed E-state index contributed by atoms with van der Waals surface area (Å²) in [5.41, 5.74) is 0.637.